The summed E-state index contributed by atoms with van der Waals surface area (Å²) >= 11 is 0. The maximum absolute atomic E-state index is 12.3. The number of rotatable bonds is 10. The molecule has 2 heterocycles. The third-order valence-corrected chi connectivity index (χ3v) is 4.99. The molecule has 0 aromatic carbocycles. The largest absolute Gasteiger partial charge is 0.418 e. The smallest absolute Gasteiger partial charge is 0.309 e. The summed E-state index contributed by atoms with van der Waals surface area (Å²) in [7, 11) is -4.80. The summed E-state index contributed by atoms with van der Waals surface area (Å²) in [6.07, 6.45) is 5.17. The van der Waals surface area contributed by atoms with Gasteiger partial charge in [0.05, 0.1) is 12.6 Å². The second kappa shape index (κ2) is 8.98. The molecule has 0 aromatic heterocycles. The van der Waals surface area contributed by atoms with Crippen LogP contribution in [0.4, 0.5) is 4.79 Å². The van der Waals surface area contributed by atoms with E-state index >= 15 is 0 Å². The first-order valence-electron chi connectivity index (χ1n) is 8.91. The molecule has 3 atom stereocenters. The number of carbonyl (C=O) groups is 2. The van der Waals surface area contributed by atoms with Crippen molar-refractivity contribution < 1.29 is 31.7 Å². The third-order valence-electron chi connectivity index (χ3n) is 4.64. The van der Waals surface area contributed by atoms with Crippen LogP contribution in [0, 0.1) is 5.92 Å². The molecule has 0 aromatic rings. The van der Waals surface area contributed by atoms with E-state index in [9.17, 15) is 18.0 Å². The Morgan fingerprint density at radius 2 is 2.12 bits per heavy atom. The van der Waals surface area contributed by atoms with E-state index in [0.29, 0.717) is 30.4 Å². The SMILES string of the molecule is CCCCCC(C)CONC(=O)[C@@H]1CC[C@@H]2CN1C(=O)N2OS(=O)(=O)O. The highest BCUT2D eigenvalue weighted by Crippen LogP contribution is 2.30. The van der Waals surface area contributed by atoms with Gasteiger partial charge in [-0.15, -0.1) is 4.28 Å². The fraction of sp³-hybridized carbons (Fsp3) is 0.867. The van der Waals surface area contributed by atoms with Crippen LogP contribution in [0.5, 0.6) is 0 Å². The van der Waals surface area contributed by atoms with Crippen LogP contribution in [0.2, 0.25) is 0 Å². The molecule has 0 radical (unpaired) electrons. The molecule has 26 heavy (non-hydrogen) atoms. The van der Waals surface area contributed by atoms with Gasteiger partial charge in [-0.25, -0.2) is 10.3 Å². The Kier molecular flexibility index (Phi) is 7.21. The van der Waals surface area contributed by atoms with Crippen LogP contribution in [0.25, 0.3) is 0 Å². The molecule has 3 amide bonds. The van der Waals surface area contributed by atoms with Crippen molar-refractivity contribution in [3.05, 3.63) is 0 Å². The van der Waals surface area contributed by atoms with Crippen molar-refractivity contribution in [2.24, 2.45) is 5.92 Å². The Hall–Kier alpha value is -1.43. The number of hydrogen-bond acceptors (Lipinski definition) is 6. The summed E-state index contributed by atoms with van der Waals surface area (Å²) in [5.41, 5.74) is 2.38. The van der Waals surface area contributed by atoms with E-state index in [4.69, 9.17) is 9.39 Å². The van der Waals surface area contributed by atoms with E-state index in [0.717, 1.165) is 19.3 Å². The Bertz CT molecular complexity index is 612. The molecule has 2 aliphatic rings. The van der Waals surface area contributed by atoms with Gasteiger partial charge >= 0.3 is 16.4 Å². The minimum Gasteiger partial charge on any atom is -0.309 e. The summed E-state index contributed by atoms with van der Waals surface area (Å²) < 4.78 is 34.8. The van der Waals surface area contributed by atoms with Crippen LogP contribution >= 0.6 is 0 Å². The average molecular weight is 393 g/mol. The van der Waals surface area contributed by atoms with Crippen molar-refractivity contribution >= 4 is 22.3 Å². The van der Waals surface area contributed by atoms with Crippen molar-refractivity contribution in [3.63, 3.8) is 0 Å². The zero-order valence-corrected chi connectivity index (χ0v) is 15.9. The average Bonchev–Trinajstić information content (AvgIpc) is 2.79. The predicted molar refractivity (Wildman–Crippen MR) is 90.8 cm³/mol. The zero-order valence-electron chi connectivity index (χ0n) is 15.1. The molecule has 2 saturated heterocycles. The number of nitrogens with one attached hydrogen (secondary N) is 1. The minimum atomic E-state index is -4.80. The van der Waals surface area contributed by atoms with Crippen LogP contribution in [-0.2, 0) is 24.3 Å². The molecule has 2 fully saturated rings. The van der Waals surface area contributed by atoms with Gasteiger partial charge in [0.15, 0.2) is 0 Å². The van der Waals surface area contributed by atoms with Gasteiger partial charge in [0, 0.05) is 6.54 Å². The molecule has 2 bridgehead atoms. The molecule has 0 spiro atoms. The fourth-order valence-corrected chi connectivity index (χ4v) is 3.64. The van der Waals surface area contributed by atoms with Crippen LogP contribution < -0.4 is 5.48 Å². The topological polar surface area (TPSA) is 125 Å². The van der Waals surface area contributed by atoms with Gasteiger partial charge in [-0.2, -0.15) is 13.5 Å². The first kappa shape index (κ1) is 20.9. The van der Waals surface area contributed by atoms with Crippen molar-refractivity contribution in [2.75, 3.05) is 13.2 Å². The van der Waals surface area contributed by atoms with Crippen molar-refractivity contribution in [1.82, 2.24) is 15.4 Å². The highest BCUT2D eigenvalue weighted by Gasteiger charge is 2.49. The molecular formula is C15H27N3O7S. The molecule has 11 heteroatoms. The monoisotopic (exact) mass is 393 g/mol. The summed E-state index contributed by atoms with van der Waals surface area (Å²) in [5, 5.41) is 0.610. The fourth-order valence-electron chi connectivity index (χ4n) is 3.25. The lowest BCUT2D eigenvalue weighted by Crippen LogP contribution is -2.49. The molecule has 2 aliphatic heterocycles. The summed E-state index contributed by atoms with van der Waals surface area (Å²) in [5.74, 6) is -0.143. The second-order valence-electron chi connectivity index (χ2n) is 6.89. The second-order valence-corrected chi connectivity index (χ2v) is 7.89. The standard InChI is InChI=1S/C15H27N3O7S/c1-3-4-5-6-11(2)10-24-16-14(19)13-8-7-12-9-17(13)15(20)18(12)25-26(21,22)23/h11-13H,3-10H2,1-2H3,(H,16,19)(H,21,22,23)/t11?,12-,13+/m1/s1. The van der Waals surface area contributed by atoms with E-state index in [1.54, 1.807) is 0 Å². The predicted octanol–water partition coefficient (Wildman–Crippen LogP) is 1.25. The normalized spacial score (nSPS) is 24.0. The third kappa shape index (κ3) is 5.53. The van der Waals surface area contributed by atoms with Crippen molar-refractivity contribution in [1.29, 1.82) is 0 Å². The van der Waals surface area contributed by atoms with Crippen molar-refractivity contribution in [3.8, 4) is 0 Å². The Balaban J connectivity index is 1.81. The van der Waals surface area contributed by atoms with Crippen LogP contribution in [0.3, 0.4) is 0 Å². The number of carbonyl (C=O) groups excluding carboxylic acids is 2. The molecular weight excluding hydrogens is 366 g/mol. The molecule has 1 unspecified atom stereocenters. The summed E-state index contributed by atoms with van der Waals surface area (Å²) in [4.78, 5) is 31.0. The number of urea groups is 1. The molecule has 2 rings (SSSR count). The van der Waals surface area contributed by atoms with Crippen molar-refractivity contribution in [2.45, 2.75) is 64.5 Å². The zero-order chi connectivity index (χ0) is 19.3. The molecule has 10 nitrogen and oxygen atoms in total. The lowest BCUT2D eigenvalue weighted by molar-refractivity contribution is -0.139. The van der Waals surface area contributed by atoms with E-state index in [-0.39, 0.29) is 6.54 Å². The van der Waals surface area contributed by atoms with Crippen LogP contribution in [0.1, 0.15) is 52.4 Å². The number of nitrogens with zero attached hydrogens (tertiary/aromatic N) is 2. The molecule has 0 aliphatic carbocycles. The number of unbranched alkanes of at least 4 members (excludes halogenated alkanes) is 2. The van der Waals surface area contributed by atoms with Gasteiger partial charge in [-0.1, -0.05) is 33.1 Å². The molecule has 150 valence electrons. The van der Waals surface area contributed by atoms with Gasteiger partial charge in [-0.05, 0) is 25.2 Å². The van der Waals surface area contributed by atoms with Gasteiger partial charge in [0.1, 0.15) is 6.04 Å². The minimum absolute atomic E-state index is 0.153. The van der Waals surface area contributed by atoms with Gasteiger partial charge in [-0.3, -0.25) is 14.2 Å². The summed E-state index contributed by atoms with van der Waals surface area (Å²) in [6, 6.07) is -2.05. The highest BCUT2D eigenvalue weighted by molar-refractivity contribution is 7.80. The number of fused-ring (bicyclic) bond motifs is 2. The van der Waals surface area contributed by atoms with E-state index < -0.39 is 34.4 Å². The van der Waals surface area contributed by atoms with Crippen LogP contribution in [0.15, 0.2) is 0 Å². The van der Waals surface area contributed by atoms with E-state index in [1.165, 1.54) is 11.3 Å². The highest BCUT2D eigenvalue weighted by atomic mass is 32.3. The van der Waals surface area contributed by atoms with Crippen LogP contribution in [-0.4, -0.2) is 60.1 Å². The Labute approximate surface area is 153 Å². The lowest BCUT2D eigenvalue weighted by atomic mass is 10.0. The molecule has 2 N–H and O–H groups in total. The maximum Gasteiger partial charge on any atom is 0.418 e. The molecule has 0 saturated carbocycles. The van der Waals surface area contributed by atoms with Gasteiger partial charge in [0.2, 0.25) is 0 Å². The number of piperidine rings is 1. The lowest BCUT2D eigenvalue weighted by Gasteiger charge is -2.29. The van der Waals surface area contributed by atoms with Gasteiger partial charge in [0.25, 0.3) is 5.91 Å². The maximum atomic E-state index is 12.3. The number of amides is 3. The first-order valence-corrected chi connectivity index (χ1v) is 10.3. The first-order chi connectivity index (χ1) is 12.2. The summed E-state index contributed by atoms with van der Waals surface area (Å²) in [6.45, 7) is 4.72. The Morgan fingerprint density at radius 1 is 1.38 bits per heavy atom. The quantitative estimate of drug-likeness (QED) is 0.325. The Morgan fingerprint density at radius 3 is 2.77 bits per heavy atom. The van der Waals surface area contributed by atoms with Gasteiger partial charge < -0.3 is 4.90 Å². The number of hydroxylamine groups is 3. The van der Waals surface area contributed by atoms with E-state index in [2.05, 4.69) is 16.7 Å². The number of hydrogen-bond donors (Lipinski definition) is 2. The van der Waals surface area contributed by atoms with E-state index in [1.807, 2.05) is 6.92 Å².